The quantitative estimate of drug-likeness (QED) is 0.572. The normalized spacial score (nSPS) is 11.4. The maximum Gasteiger partial charge on any atom is 0.252 e. The molecule has 8 heteroatoms. The van der Waals surface area contributed by atoms with Crippen LogP contribution in [0.5, 0.6) is 0 Å². The molecule has 1 amide bonds. The lowest BCUT2D eigenvalue weighted by atomic mass is 10.2. The summed E-state index contributed by atoms with van der Waals surface area (Å²) in [6, 6.07) is 14.0. The number of nitrogens with one attached hydrogen (secondary N) is 2. The zero-order valence-electron chi connectivity index (χ0n) is 16.1. The van der Waals surface area contributed by atoms with Gasteiger partial charge in [-0.3, -0.25) is 4.79 Å². The molecule has 0 saturated carbocycles. The molecule has 0 fully saturated rings. The van der Waals surface area contributed by atoms with Gasteiger partial charge >= 0.3 is 0 Å². The molecule has 0 atom stereocenters. The molecule has 0 saturated heterocycles. The second-order valence-corrected chi connectivity index (χ2v) is 8.48. The number of carbonyl (C=O) groups excluding carboxylic acids is 1. The Hall–Kier alpha value is -2.09. The minimum Gasteiger partial charge on any atom is -0.385 e. The summed E-state index contributed by atoms with van der Waals surface area (Å²) in [5.74, 6) is -0.388. The number of rotatable bonds is 10. The maximum atomic E-state index is 12.7. The van der Waals surface area contributed by atoms with E-state index in [9.17, 15) is 13.2 Å². The first kappa shape index (κ1) is 22.2. The first-order valence-corrected chi connectivity index (χ1v) is 11.1. The van der Waals surface area contributed by atoms with Crippen molar-refractivity contribution >= 4 is 33.2 Å². The largest absolute Gasteiger partial charge is 0.385 e. The van der Waals surface area contributed by atoms with Crippen LogP contribution in [0, 0.1) is 0 Å². The summed E-state index contributed by atoms with van der Waals surface area (Å²) >= 11 is 6.13. The third kappa shape index (κ3) is 5.70. The van der Waals surface area contributed by atoms with Crippen molar-refractivity contribution in [1.82, 2.24) is 9.62 Å². The summed E-state index contributed by atoms with van der Waals surface area (Å²) in [5, 5.41) is 6.27. The third-order valence-corrected chi connectivity index (χ3v) is 6.64. The van der Waals surface area contributed by atoms with Crippen LogP contribution in [-0.4, -0.2) is 44.8 Å². The fourth-order valence-corrected chi connectivity index (χ4v) is 4.41. The fourth-order valence-electron chi connectivity index (χ4n) is 2.73. The Morgan fingerprint density at radius 1 is 1.04 bits per heavy atom. The summed E-state index contributed by atoms with van der Waals surface area (Å²) in [4.78, 5) is 12.5. The smallest absolute Gasteiger partial charge is 0.252 e. The predicted molar refractivity (Wildman–Crippen MR) is 113 cm³/mol. The fraction of sp³-hybridized carbons (Fsp3) is 0.350. The van der Waals surface area contributed by atoms with Crippen molar-refractivity contribution in [1.29, 1.82) is 0 Å². The number of carbonyl (C=O) groups is 1. The van der Waals surface area contributed by atoms with Gasteiger partial charge in [0.1, 0.15) is 0 Å². The number of amides is 1. The Bertz CT molecular complexity index is 885. The molecule has 152 valence electrons. The highest BCUT2D eigenvalue weighted by molar-refractivity contribution is 7.89. The molecule has 2 N–H and O–H groups in total. The van der Waals surface area contributed by atoms with Crippen LogP contribution >= 0.6 is 11.6 Å². The molecular formula is C20H26ClN3O3S. The minimum absolute atomic E-state index is 0.0662. The van der Waals surface area contributed by atoms with E-state index in [1.807, 2.05) is 30.3 Å². The highest BCUT2D eigenvalue weighted by Crippen LogP contribution is 2.23. The van der Waals surface area contributed by atoms with Crippen LogP contribution in [0.3, 0.4) is 0 Å². The van der Waals surface area contributed by atoms with E-state index in [1.165, 1.54) is 22.5 Å². The van der Waals surface area contributed by atoms with E-state index < -0.39 is 10.0 Å². The zero-order chi connectivity index (χ0) is 20.6. The molecule has 0 aliphatic heterocycles. The molecule has 0 radical (unpaired) electrons. The summed E-state index contributed by atoms with van der Waals surface area (Å²) < 4.78 is 26.7. The van der Waals surface area contributed by atoms with Gasteiger partial charge in [0.2, 0.25) is 10.0 Å². The lowest BCUT2D eigenvalue weighted by Crippen LogP contribution is -2.31. The lowest BCUT2D eigenvalue weighted by Gasteiger charge is -2.19. The summed E-state index contributed by atoms with van der Waals surface area (Å²) in [7, 11) is -3.65. The van der Waals surface area contributed by atoms with Gasteiger partial charge < -0.3 is 10.6 Å². The number of benzene rings is 2. The molecule has 0 spiro atoms. The Labute approximate surface area is 171 Å². The number of nitrogens with zero attached hydrogens (tertiary/aromatic N) is 1. The summed E-state index contributed by atoms with van der Waals surface area (Å²) in [6.45, 7) is 5.41. The molecule has 2 aromatic rings. The molecule has 6 nitrogen and oxygen atoms in total. The molecular weight excluding hydrogens is 398 g/mol. The van der Waals surface area contributed by atoms with Gasteiger partial charge in [-0.05, 0) is 36.8 Å². The Morgan fingerprint density at radius 3 is 2.36 bits per heavy atom. The van der Waals surface area contributed by atoms with E-state index in [-0.39, 0.29) is 21.4 Å². The van der Waals surface area contributed by atoms with E-state index in [4.69, 9.17) is 11.6 Å². The monoisotopic (exact) mass is 423 g/mol. The van der Waals surface area contributed by atoms with Crippen LogP contribution in [0.1, 0.15) is 30.6 Å². The van der Waals surface area contributed by atoms with E-state index in [0.717, 1.165) is 12.1 Å². The Morgan fingerprint density at radius 2 is 1.71 bits per heavy atom. The first-order chi connectivity index (χ1) is 13.4. The van der Waals surface area contributed by atoms with E-state index in [1.54, 1.807) is 13.8 Å². The van der Waals surface area contributed by atoms with Crippen LogP contribution in [-0.2, 0) is 10.0 Å². The van der Waals surface area contributed by atoms with E-state index >= 15 is 0 Å². The van der Waals surface area contributed by atoms with Gasteiger partial charge in [-0.15, -0.1) is 0 Å². The Balaban J connectivity index is 1.97. The van der Waals surface area contributed by atoms with Crippen molar-refractivity contribution in [2.45, 2.75) is 25.2 Å². The molecule has 0 heterocycles. The van der Waals surface area contributed by atoms with Gasteiger partial charge in [-0.25, -0.2) is 8.42 Å². The molecule has 0 aliphatic carbocycles. The van der Waals surface area contributed by atoms with Gasteiger partial charge in [-0.2, -0.15) is 4.31 Å². The highest BCUT2D eigenvalue weighted by Gasteiger charge is 2.23. The van der Waals surface area contributed by atoms with E-state index in [0.29, 0.717) is 26.2 Å². The average molecular weight is 424 g/mol. The van der Waals surface area contributed by atoms with Crippen LogP contribution in [0.2, 0.25) is 5.02 Å². The van der Waals surface area contributed by atoms with Gasteiger partial charge in [-0.1, -0.05) is 43.6 Å². The summed E-state index contributed by atoms with van der Waals surface area (Å²) in [6.07, 6.45) is 0.718. The van der Waals surface area contributed by atoms with E-state index in [2.05, 4.69) is 10.6 Å². The van der Waals surface area contributed by atoms with Gasteiger partial charge in [0.15, 0.2) is 0 Å². The molecule has 2 aromatic carbocycles. The first-order valence-electron chi connectivity index (χ1n) is 9.27. The van der Waals surface area contributed by atoms with Crippen LogP contribution in [0.25, 0.3) is 0 Å². The van der Waals surface area contributed by atoms with Crippen molar-refractivity contribution in [2.75, 3.05) is 31.5 Å². The maximum absolute atomic E-state index is 12.7. The zero-order valence-corrected chi connectivity index (χ0v) is 17.7. The number of hydrogen-bond acceptors (Lipinski definition) is 4. The van der Waals surface area contributed by atoms with Crippen LogP contribution in [0.4, 0.5) is 5.69 Å². The molecule has 0 aliphatic rings. The van der Waals surface area contributed by atoms with Crippen LogP contribution in [0.15, 0.2) is 53.4 Å². The van der Waals surface area contributed by atoms with Gasteiger partial charge in [0, 0.05) is 31.9 Å². The van der Waals surface area contributed by atoms with Crippen molar-refractivity contribution < 1.29 is 13.2 Å². The van der Waals surface area contributed by atoms with Gasteiger partial charge in [0.05, 0.1) is 15.5 Å². The van der Waals surface area contributed by atoms with Crippen molar-refractivity contribution in [3.8, 4) is 0 Å². The molecule has 2 rings (SSSR count). The molecule has 0 unspecified atom stereocenters. The predicted octanol–water partition coefficient (Wildman–Crippen LogP) is 3.60. The summed E-state index contributed by atoms with van der Waals surface area (Å²) in [5.41, 5.74) is 1.18. The minimum atomic E-state index is -3.65. The topological polar surface area (TPSA) is 78.5 Å². The number of halogens is 1. The average Bonchev–Trinajstić information content (AvgIpc) is 2.69. The standard InChI is InChI=1S/C20H26ClN3O3S/c1-3-24(4-2)28(26,27)17-11-12-19(21)18(15-17)20(25)23-14-8-13-22-16-9-6-5-7-10-16/h5-7,9-12,15,22H,3-4,8,13-14H2,1-2H3,(H,23,25). The Kier molecular flexibility index (Phi) is 8.29. The number of hydrogen-bond donors (Lipinski definition) is 2. The molecule has 0 bridgehead atoms. The number of sulfonamides is 1. The highest BCUT2D eigenvalue weighted by atomic mass is 35.5. The number of para-hydroxylation sites is 1. The molecule has 28 heavy (non-hydrogen) atoms. The third-order valence-electron chi connectivity index (χ3n) is 4.27. The van der Waals surface area contributed by atoms with Crippen molar-refractivity contribution in [3.63, 3.8) is 0 Å². The lowest BCUT2D eigenvalue weighted by molar-refractivity contribution is 0.0953. The van der Waals surface area contributed by atoms with Crippen LogP contribution < -0.4 is 10.6 Å². The number of anilines is 1. The second kappa shape index (κ2) is 10.5. The van der Waals surface area contributed by atoms with Crippen molar-refractivity contribution in [2.24, 2.45) is 0 Å². The van der Waals surface area contributed by atoms with Crippen molar-refractivity contribution in [3.05, 3.63) is 59.1 Å². The SMILES string of the molecule is CCN(CC)S(=O)(=O)c1ccc(Cl)c(C(=O)NCCCNc2ccccc2)c1. The molecule has 0 aromatic heterocycles. The second-order valence-electron chi connectivity index (χ2n) is 6.13. The van der Waals surface area contributed by atoms with Gasteiger partial charge in [0.25, 0.3) is 5.91 Å².